The average molecular weight is 875 g/mol. The quantitative estimate of drug-likeness (QED) is 0.0917. The Balaban J connectivity index is 0.000000247. The third-order valence-electron chi connectivity index (χ3n) is 8.79. The number of aryl methyl sites for hydroxylation is 1. The zero-order valence-electron chi connectivity index (χ0n) is 31.5. The summed E-state index contributed by atoms with van der Waals surface area (Å²) < 4.78 is 107. The molecule has 5 aromatic carbocycles. The standard InChI is InChI=1S/C26H17ClF5NO3.C18H15ClF2O3/c1-14-2-6-23(33(14)20-9-16(25(34)35)8-17(10-20)26(30,31)32)21-11-18(27)4-7-24(21)36-13-15-3-5-19(28)12-22(15)29;1-11(22)2-6-17(23)15-8-13(19)4-7-18(15)24-10-12-3-5-14(20)9-16(12)21/h2-12H,13H2,1H3,(H,34,35);3-5,7-9H,2,6,10H2,1H3. The summed E-state index contributed by atoms with van der Waals surface area (Å²) >= 11 is 12.1. The Kier molecular flexibility index (Phi) is 14.5. The first-order chi connectivity index (χ1) is 28.3. The van der Waals surface area contributed by atoms with Crippen LogP contribution in [0.3, 0.4) is 0 Å². The van der Waals surface area contributed by atoms with Gasteiger partial charge in [0.1, 0.15) is 53.8 Å². The molecule has 0 bridgehead atoms. The van der Waals surface area contributed by atoms with Crippen LogP contribution in [0.1, 0.15) is 62.9 Å². The topological polar surface area (TPSA) is 94.8 Å². The molecule has 0 unspecified atom stereocenters. The van der Waals surface area contributed by atoms with E-state index < -0.39 is 46.5 Å². The minimum Gasteiger partial charge on any atom is -0.488 e. The average Bonchev–Trinajstić information content (AvgIpc) is 3.57. The van der Waals surface area contributed by atoms with Gasteiger partial charge in [0.15, 0.2) is 5.78 Å². The number of aromatic carboxylic acids is 1. The van der Waals surface area contributed by atoms with Crippen LogP contribution in [0.2, 0.25) is 10.0 Å². The fourth-order valence-electron chi connectivity index (χ4n) is 5.81. The van der Waals surface area contributed by atoms with E-state index in [1.807, 2.05) is 0 Å². The second-order valence-corrected chi connectivity index (χ2v) is 14.1. The normalized spacial score (nSPS) is 11.1. The second kappa shape index (κ2) is 19.3. The molecule has 1 aromatic heterocycles. The number of rotatable bonds is 13. The molecule has 0 amide bonds. The molecule has 0 atom stereocenters. The van der Waals surface area contributed by atoms with E-state index in [9.17, 15) is 50.2 Å². The summed E-state index contributed by atoms with van der Waals surface area (Å²) in [6.45, 7) is 2.62. The molecule has 1 N–H and O–H groups in total. The van der Waals surface area contributed by atoms with Crippen molar-refractivity contribution in [2.24, 2.45) is 0 Å². The highest BCUT2D eigenvalue weighted by atomic mass is 35.5. The summed E-state index contributed by atoms with van der Waals surface area (Å²) in [5.74, 6) is -4.38. The van der Waals surface area contributed by atoms with Crippen molar-refractivity contribution in [1.82, 2.24) is 4.57 Å². The Morgan fingerprint density at radius 2 is 1.25 bits per heavy atom. The van der Waals surface area contributed by atoms with E-state index in [1.54, 1.807) is 25.1 Å². The summed E-state index contributed by atoms with van der Waals surface area (Å²) in [6.07, 6.45) is -4.61. The molecule has 0 aliphatic heterocycles. The van der Waals surface area contributed by atoms with Gasteiger partial charge in [0.2, 0.25) is 0 Å². The third kappa shape index (κ3) is 11.5. The number of halogens is 9. The molecule has 0 fully saturated rings. The van der Waals surface area contributed by atoms with Gasteiger partial charge in [0, 0.05) is 63.1 Å². The van der Waals surface area contributed by atoms with Gasteiger partial charge in [-0.2, -0.15) is 13.2 Å². The van der Waals surface area contributed by atoms with Gasteiger partial charge in [-0.25, -0.2) is 22.4 Å². The monoisotopic (exact) mass is 873 g/mol. The van der Waals surface area contributed by atoms with Crippen molar-refractivity contribution in [2.75, 3.05) is 0 Å². The fourth-order valence-corrected chi connectivity index (χ4v) is 6.15. The van der Waals surface area contributed by atoms with Crippen LogP contribution in [0.5, 0.6) is 11.5 Å². The van der Waals surface area contributed by atoms with Crippen LogP contribution in [0.15, 0.2) is 103 Å². The van der Waals surface area contributed by atoms with Crippen molar-refractivity contribution in [3.05, 3.63) is 170 Å². The third-order valence-corrected chi connectivity index (χ3v) is 9.26. The van der Waals surface area contributed by atoms with Crippen LogP contribution in [0, 0.1) is 30.2 Å². The molecule has 0 aliphatic rings. The fraction of sp³-hybridized carbons (Fsp3) is 0.159. The molecule has 0 aliphatic carbocycles. The first-order valence-corrected chi connectivity index (χ1v) is 18.5. The zero-order valence-corrected chi connectivity index (χ0v) is 33.0. The molecule has 6 rings (SSSR count). The van der Waals surface area contributed by atoms with E-state index in [4.69, 9.17) is 32.7 Å². The Bertz CT molecular complexity index is 2570. The maximum atomic E-state index is 14.1. The van der Waals surface area contributed by atoms with Crippen LogP contribution in [0.4, 0.5) is 30.7 Å². The Hall–Kier alpha value is -6.12. The van der Waals surface area contributed by atoms with Crippen LogP contribution < -0.4 is 9.47 Å². The van der Waals surface area contributed by atoms with E-state index in [2.05, 4.69) is 0 Å². The minimum absolute atomic E-state index is 0.0322. The lowest BCUT2D eigenvalue weighted by Gasteiger charge is -2.18. The van der Waals surface area contributed by atoms with Crippen molar-refractivity contribution < 1.29 is 59.7 Å². The number of alkyl halides is 3. The van der Waals surface area contributed by atoms with Crippen LogP contribution >= 0.6 is 23.2 Å². The highest BCUT2D eigenvalue weighted by Gasteiger charge is 2.32. The second-order valence-electron chi connectivity index (χ2n) is 13.2. The van der Waals surface area contributed by atoms with Crippen LogP contribution in [-0.2, 0) is 24.2 Å². The summed E-state index contributed by atoms with van der Waals surface area (Å²) in [4.78, 5) is 34.8. The number of ketones is 2. The van der Waals surface area contributed by atoms with Crippen molar-refractivity contribution in [3.63, 3.8) is 0 Å². The lowest BCUT2D eigenvalue weighted by molar-refractivity contribution is -0.137. The van der Waals surface area contributed by atoms with Gasteiger partial charge < -0.3 is 23.9 Å². The van der Waals surface area contributed by atoms with Crippen LogP contribution in [-0.4, -0.2) is 27.2 Å². The van der Waals surface area contributed by atoms with E-state index in [1.165, 1.54) is 54.0 Å². The molecule has 0 spiro atoms. The zero-order chi connectivity index (χ0) is 43.9. The molecule has 0 saturated heterocycles. The van der Waals surface area contributed by atoms with Gasteiger partial charge in [-0.3, -0.25) is 4.79 Å². The lowest BCUT2D eigenvalue weighted by Crippen LogP contribution is -2.10. The largest absolute Gasteiger partial charge is 0.488 e. The molecular formula is C44H32Cl2F7NO6. The number of Topliss-reactive ketones (excluding diaryl/α,β-unsaturated/α-hetero) is 2. The Labute approximate surface area is 348 Å². The van der Waals surface area contributed by atoms with Crippen LogP contribution in [0.25, 0.3) is 16.9 Å². The van der Waals surface area contributed by atoms with Gasteiger partial charge in [-0.1, -0.05) is 23.2 Å². The number of nitrogens with zero attached hydrogens (tertiary/aromatic N) is 1. The maximum absolute atomic E-state index is 14.1. The molecule has 7 nitrogen and oxygen atoms in total. The van der Waals surface area contributed by atoms with E-state index in [0.29, 0.717) is 33.1 Å². The molecule has 60 heavy (non-hydrogen) atoms. The number of benzene rings is 5. The predicted molar refractivity (Wildman–Crippen MR) is 210 cm³/mol. The molecule has 312 valence electrons. The number of hydrogen-bond acceptors (Lipinski definition) is 5. The molecule has 1 heterocycles. The summed E-state index contributed by atoms with van der Waals surface area (Å²) in [7, 11) is 0. The summed E-state index contributed by atoms with van der Waals surface area (Å²) in [5.41, 5.74) is 0.0330. The summed E-state index contributed by atoms with van der Waals surface area (Å²) in [5, 5.41) is 10.0. The van der Waals surface area contributed by atoms with Crippen molar-refractivity contribution in [2.45, 2.75) is 46.1 Å². The lowest BCUT2D eigenvalue weighted by atomic mass is 10.0. The van der Waals surface area contributed by atoms with Crippen molar-refractivity contribution in [3.8, 4) is 28.4 Å². The van der Waals surface area contributed by atoms with Gasteiger partial charge in [0.05, 0.1) is 22.4 Å². The van der Waals surface area contributed by atoms with Gasteiger partial charge in [-0.15, -0.1) is 0 Å². The SMILES string of the molecule is CC(=O)CCC(=O)c1cc(Cl)ccc1OCc1ccc(F)cc1F.Cc1ccc(-c2cc(Cl)ccc2OCc2ccc(F)cc2F)n1-c1cc(C(=O)O)cc(C(F)(F)F)c1. The van der Waals surface area contributed by atoms with E-state index in [0.717, 1.165) is 36.4 Å². The van der Waals surface area contributed by atoms with Crippen molar-refractivity contribution >= 4 is 40.7 Å². The van der Waals surface area contributed by atoms with Crippen molar-refractivity contribution in [1.29, 1.82) is 0 Å². The Morgan fingerprint density at radius 3 is 1.80 bits per heavy atom. The molecule has 0 radical (unpaired) electrons. The van der Waals surface area contributed by atoms with E-state index >= 15 is 0 Å². The summed E-state index contributed by atoms with van der Waals surface area (Å²) in [6, 6.07) is 21.1. The number of carboxylic acid groups (broad SMARTS) is 1. The molecular weight excluding hydrogens is 842 g/mol. The predicted octanol–water partition coefficient (Wildman–Crippen LogP) is 12.4. The number of ether oxygens (including phenoxy) is 2. The number of carbonyl (C=O) groups is 3. The Morgan fingerprint density at radius 1 is 0.683 bits per heavy atom. The van der Waals surface area contributed by atoms with Gasteiger partial charge >= 0.3 is 12.1 Å². The first-order valence-electron chi connectivity index (χ1n) is 17.7. The van der Waals surface area contributed by atoms with Gasteiger partial charge in [0.25, 0.3) is 0 Å². The molecule has 0 saturated carbocycles. The number of aromatic nitrogens is 1. The number of carbonyl (C=O) groups excluding carboxylic acids is 2. The molecule has 6 aromatic rings. The number of hydrogen-bond donors (Lipinski definition) is 1. The first kappa shape index (κ1) is 45.0. The van der Waals surface area contributed by atoms with E-state index in [-0.39, 0.29) is 71.5 Å². The smallest absolute Gasteiger partial charge is 0.416 e. The minimum atomic E-state index is -4.77. The molecule has 16 heteroatoms. The van der Waals surface area contributed by atoms with Gasteiger partial charge in [-0.05, 0) is 105 Å². The maximum Gasteiger partial charge on any atom is 0.416 e. The highest BCUT2D eigenvalue weighted by Crippen LogP contribution is 2.38. The highest BCUT2D eigenvalue weighted by molar-refractivity contribution is 6.31. The number of carboxylic acids is 1.